The quantitative estimate of drug-likeness (QED) is 0.703. The maximum absolute atomic E-state index is 5.97. The highest BCUT2D eigenvalue weighted by Crippen LogP contribution is 2.25. The van der Waals surface area contributed by atoms with Gasteiger partial charge in [0, 0.05) is 5.56 Å². The summed E-state index contributed by atoms with van der Waals surface area (Å²) in [5.74, 6) is 0.952. The van der Waals surface area contributed by atoms with Crippen molar-refractivity contribution in [1.82, 2.24) is 5.32 Å². The second-order valence-electron chi connectivity index (χ2n) is 5.01. The normalized spacial score (nSPS) is 14.0. The summed E-state index contributed by atoms with van der Waals surface area (Å²) in [5, 5.41) is 3.49. The van der Waals surface area contributed by atoms with Crippen molar-refractivity contribution in [3.05, 3.63) is 29.8 Å². The van der Waals surface area contributed by atoms with E-state index in [1.54, 1.807) is 0 Å². The molecule has 2 atom stereocenters. The van der Waals surface area contributed by atoms with Crippen LogP contribution in [0.15, 0.2) is 24.3 Å². The van der Waals surface area contributed by atoms with Crippen molar-refractivity contribution >= 4 is 0 Å². The minimum atomic E-state index is 0.182. The predicted molar refractivity (Wildman–Crippen MR) is 84.4 cm³/mol. The molecule has 0 aliphatic carbocycles. The monoisotopic (exact) mass is 279 g/mol. The maximum Gasteiger partial charge on any atom is 0.124 e. The highest BCUT2D eigenvalue weighted by atomic mass is 16.5. The van der Waals surface area contributed by atoms with Crippen LogP contribution in [-0.4, -0.2) is 25.9 Å². The van der Waals surface area contributed by atoms with E-state index in [1.807, 2.05) is 19.1 Å². The zero-order valence-electron chi connectivity index (χ0n) is 13.3. The fourth-order valence-electron chi connectivity index (χ4n) is 2.31. The molecular formula is C17H29NO2. The van der Waals surface area contributed by atoms with E-state index in [0.29, 0.717) is 19.3 Å². The van der Waals surface area contributed by atoms with Crippen molar-refractivity contribution in [2.24, 2.45) is 0 Å². The molecule has 0 heterocycles. The van der Waals surface area contributed by atoms with Crippen LogP contribution in [0.2, 0.25) is 0 Å². The van der Waals surface area contributed by atoms with Gasteiger partial charge in [-0.15, -0.1) is 0 Å². The Morgan fingerprint density at radius 1 is 1.15 bits per heavy atom. The van der Waals surface area contributed by atoms with E-state index in [2.05, 4.69) is 38.2 Å². The molecule has 114 valence electrons. The van der Waals surface area contributed by atoms with Crippen LogP contribution < -0.4 is 10.1 Å². The van der Waals surface area contributed by atoms with Gasteiger partial charge in [0.05, 0.1) is 25.4 Å². The first-order valence-electron chi connectivity index (χ1n) is 7.79. The zero-order valence-corrected chi connectivity index (χ0v) is 13.3. The predicted octanol–water partition coefficient (Wildman–Crippen LogP) is 3.94. The largest absolute Gasteiger partial charge is 0.494 e. The second kappa shape index (κ2) is 9.78. The molecule has 0 spiro atoms. The van der Waals surface area contributed by atoms with Crippen LogP contribution in [0.1, 0.15) is 52.1 Å². The molecule has 0 saturated heterocycles. The summed E-state index contributed by atoms with van der Waals surface area (Å²) in [4.78, 5) is 0. The van der Waals surface area contributed by atoms with Gasteiger partial charge in [-0.1, -0.05) is 38.5 Å². The van der Waals surface area contributed by atoms with Crippen molar-refractivity contribution in [1.29, 1.82) is 0 Å². The lowest BCUT2D eigenvalue weighted by Crippen LogP contribution is -2.27. The van der Waals surface area contributed by atoms with Gasteiger partial charge in [-0.2, -0.15) is 0 Å². The van der Waals surface area contributed by atoms with Gasteiger partial charge in [-0.25, -0.2) is 0 Å². The molecule has 1 N–H and O–H groups in total. The fraction of sp³-hybridized carbons (Fsp3) is 0.647. The summed E-state index contributed by atoms with van der Waals surface area (Å²) in [6.45, 7) is 10.7. The third-order valence-electron chi connectivity index (χ3n) is 3.29. The lowest BCUT2D eigenvalue weighted by atomic mass is 10.1. The van der Waals surface area contributed by atoms with Gasteiger partial charge in [0.2, 0.25) is 0 Å². The first kappa shape index (κ1) is 17.0. The fourth-order valence-corrected chi connectivity index (χ4v) is 2.31. The van der Waals surface area contributed by atoms with Crippen LogP contribution in [0.3, 0.4) is 0 Å². The van der Waals surface area contributed by atoms with Crippen molar-refractivity contribution in [2.75, 3.05) is 19.8 Å². The van der Waals surface area contributed by atoms with Crippen molar-refractivity contribution in [3.63, 3.8) is 0 Å². The lowest BCUT2D eigenvalue weighted by molar-refractivity contribution is 0.0437. The van der Waals surface area contributed by atoms with E-state index in [-0.39, 0.29) is 6.04 Å². The van der Waals surface area contributed by atoms with Crippen LogP contribution >= 0.6 is 0 Å². The Kier molecular flexibility index (Phi) is 8.31. The van der Waals surface area contributed by atoms with Crippen molar-refractivity contribution < 1.29 is 9.47 Å². The SMILES string of the molecule is CCCC(C)OCC(NCC)c1ccccc1OCC. The average molecular weight is 279 g/mol. The van der Waals surface area contributed by atoms with Gasteiger partial charge in [-0.05, 0) is 32.9 Å². The van der Waals surface area contributed by atoms with Crippen LogP contribution in [0.4, 0.5) is 0 Å². The number of nitrogens with one attached hydrogen (secondary N) is 1. The number of likely N-dealkylation sites (N-methyl/N-ethyl adjacent to an activating group) is 1. The molecule has 20 heavy (non-hydrogen) atoms. The standard InChI is InChI=1S/C17H29NO2/c1-5-10-14(4)20-13-16(18-6-2)15-11-8-9-12-17(15)19-7-3/h8-9,11-12,14,16,18H,5-7,10,13H2,1-4H3. The molecule has 3 heteroatoms. The molecule has 0 saturated carbocycles. The molecule has 0 fully saturated rings. The number of hydrogen-bond donors (Lipinski definition) is 1. The molecule has 0 radical (unpaired) electrons. The van der Waals surface area contributed by atoms with E-state index >= 15 is 0 Å². The molecule has 3 nitrogen and oxygen atoms in total. The van der Waals surface area contributed by atoms with E-state index < -0.39 is 0 Å². The van der Waals surface area contributed by atoms with Crippen molar-refractivity contribution in [2.45, 2.75) is 52.7 Å². The van der Waals surface area contributed by atoms with E-state index in [0.717, 1.165) is 25.1 Å². The summed E-state index contributed by atoms with van der Waals surface area (Å²) in [6, 6.07) is 8.39. The van der Waals surface area contributed by atoms with E-state index in [9.17, 15) is 0 Å². The zero-order chi connectivity index (χ0) is 14.8. The highest BCUT2D eigenvalue weighted by Gasteiger charge is 2.16. The molecule has 0 aromatic heterocycles. The molecule has 2 unspecified atom stereocenters. The molecular weight excluding hydrogens is 250 g/mol. The van der Waals surface area contributed by atoms with Crippen LogP contribution in [-0.2, 0) is 4.74 Å². The average Bonchev–Trinajstić information content (AvgIpc) is 2.45. The molecule has 1 aromatic carbocycles. The molecule has 1 rings (SSSR count). The Morgan fingerprint density at radius 3 is 2.55 bits per heavy atom. The van der Waals surface area contributed by atoms with Gasteiger partial charge in [0.15, 0.2) is 0 Å². The molecule has 0 aliphatic heterocycles. The van der Waals surface area contributed by atoms with Gasteiger partial charge >= 0.3 is 0 Å². The third kappa shape index (κ3) is 5.51. The minimum absolute atomic E-state index is 0.182. The lowest BCUT2D eigenvalue weighted by Gasteiger charge is -2.23. The maximum atomic E-state index is 5.97. The molecule has 1 aromatic rings. The van der Waals surface area contributed by atoms with Gasteiger partial charge in [-0.3, -0.25) is 0 Å². The third-order valence-corrected chi connectivity index (χ3v) is 3.29. The number of ether oxygens (including phenoxy) is 2. The van der Waals surface area contributed by atoms with Gasteiger partial charge < -0.3 is 14.8 Å². The summed E-state index contributed by atoms with van der Waals surface area (Å²) in [7, 11) is 0. The summed E-state index contributed by atoms with van der Waals surface area (Å²) in [6.07, 6.45) is 2.56. The number of para-hydroxylation sites is 1. The van der Waals surface area contributed by atoms with Crippen LogP contribution in [0.5, 0.6) is 5.75 Å². The first-order valence-corrected chi connectivity index (χ1v) is 7.79. The smallest absolute Gasteiger partial charge is 0.124 e. The Balaban J connectivity index is 2.74. The topological polar surface area (TPSA) is 30.5 Å². The minimum Gasteiger partial charge on any atom is -0.494 e. The second-order valence-corrected chi connectivity index (χ2v) is 5.01. The summed E-state index contributed by atoms with van der Waals surface area (Å²) in [5.41, 5.74) is 1.18. The Bertz CT molecular complexity index is 368. The van der Waals surface area contributed by atoms with Gasteiger partial charge in [0.25, 0.3) is 0 Å². The van der Waals surface area contributed by atoms with E-state index in [1.165, 1.54) is 5.56 Å². The Hall–Kier alpha value is -1.06. The van der Waals surface area contributed by atoms with Crippen molar-refractivity contribution in [3.8, 4) is 5.75 Å². The Labute approximate surface area is 123 Å². The molecule has 0 bridgehead atoms. The number of rotatable bonds is 10. The number of benzene rings is 1. The molecule has 0 aliphatic rings. The summed E-state index contributed by atoms with van der Waals surface area (Å²) >= 11 is 0. The number of hydrogen-bond acceptors (Lipinski definition) is 3. The molecule has 0 amide bonds. The van der Waals surface area contributed by atoms with E-state index in [4.69, 9.17) is 9.47 Å². The van der Waals surface area contributed by atoms with Gasteiger partial charge in [0.1, 0.15) is 5.75 Å². The summed E-state index contributed by atoms with van der Waals surface area (Å²) < 4.78 is 11.7. The highest BCUT2D eigenvalue weighted by molar-refractivity contribution is 5.36. The van der Waals surface area contributed by atoms with Crippen LogP contribution in [0, 0.1) is 0 Å². The first-order chi connectivity index (χ1) is 9.72. The van der Waals surface area contributed by atoms with Crippen LogP contribution in [0.25, 0.3) is 0 Å². The Morgan fingerprint density at radius 2 is 1.90 bits per heavy atom.